The van der Waals surface area contributed by atoms with E-state index in [0.29, 0.717) is 18.7 Å². The van der Waals surface area contributed by atoms with Crippen LogP contribution in [0.4, 0.5) is 0 Å². The minimum Gasteiger partial charge on any atom is -0.381 e. The molecule has 1 aliphatic rings. The Morgan fingerprint density at radius 1 is 1.35 bits per heavy atom. The number of fused-ring (bicyclic) bond motifs is 1. The average Bonchev–Trinajstić information content (AvgIpc) is 3.04. The topological polar surface area (TPSA) is 69.0 Å². The van der Waals surface area contributed by atoms with Gasteiger partial charge in [0.15, 0.2) is 0 Å². The number of nitrogens with one attached hydrogen (secondary N) is 1. The normalized spacial score (nSPS) is 17.3. The summed E-state index contributed by atoms with van der Waals surface area (Å²) in [6, 6.07) is 9.74. The standard InChI is InChI=1S/C20H22N4O2/c1-24-12-17(16-6-2-3-7-18(16)24)20(25)22-11-15-8-9-21-19(23-15)14-5-4-10-26-13-14/h2-3,6-9,12,14H,4-5,10-11,13H2,1H3,(H,22,25)/t14-/m1/s1. The second-order valence-electron chi connectivity index (χ2n) is 6.67. The first-order valence-corrected chi connectivity index (χ1v) is 8.94. The molecule has 0 radical (unpaired) electrons. The van der Waals surface area contributed by atoms with E-state index in [1.807, 2.05) is 48.1 Å². The number of carbonyl (C=O) groups is 1. The van der Waals surface area contributed by atoms with E-state index < -0.39 is 0 Å². The molecule has 3 heterocycles. The maximum atomic E-state index is 12.6. The van der Waals surface area contributed by atoms with Crippen molar-refractivity contribution in [1.29, 1.82) is 0 Å². The van der Waals surface area contributed by atoms with E-state index >= 15 is 0 Å². The number of para-hydroxylation sites is 1. The van der Waals surface area contributed by atoms with Gasteiger partial charge in [-0.1, -0.05) is 18.2 Å². The number of aryl methyl sites for hydroxylation is 1. The molecule has 134 valence electrons. The van der Waals surface area contributed by atoms with Crippen LogP contribution in [-0.2, 0) is 18.3 Å². The third-order valence-electron chi connectivity index (χ3n) is 4.83. The van der Waals surface area contributed by atoms with Crippen LogP contribution < -0.4 is 5.32 Å². The predicted octanol–water partition coefficient (Wildman–Crippen LogP) is 2.79. The van der Waals surface area contributed by atoms with Crippen LogP contribution in [-0.4, -0.2) is 33.7 Å². The van der Waals surface area contributed by atoms with E-state index in [1.54, 1.807) is 6.20 Å². The third kappa shape index (κ3) is 3.32. The molecule has 1 aromatic carbocycles. The molecule has 1 fully saturated rings. The zero-order valence-corrected chi connectivity index (χ0v) is 14.8. The van der Waals surface area contributed by atoms with Crippen molar-refractivity contribution in [2.45, 2.75) is 25.3 Å². The van der Waals surface area contributed by atoms with Crippen molar-refractivity contribution in [3.05, 3.63) is 59.8 Å². The fraction of sp³-hybridized carbons (Fsp3) is 0.350. The lowest BCUT2D eigenvalue weighted by atomic mass is 10.0. The Kier molecular flexibility index (Phi) is 4.67. The second-order valence-corrected chi connectivity index (χ2v) is 6.67. The molecule has 1 aliphatic heterocycles. The summed E-state index contributed by atoms with van der Waals surface area (Å²) in [5, 5.41) is 3.93. The molecule has 0 bridgehead atoms. The van der Waals surface area contributed by atoms with Gasteiger partial charge in [-0.15, -0.1) is 0 Å². The minimum atomic E-state index is -0.0945. The van der Waals surface area contributed by atoms with Gasteiger partial charge in [0.2, 0.25) is 0 Å². The third-order valence-corrected chi connectivity index (χ3v) is 4.83. The highest BCUT2D eigenvalue weighted by atomic mass is 16.5. The van der Waals surface area contributed by atoms with Crippen LogP contribution in [0.2, 0.25) is 0 Å². The fourth-order valence-corrected chi connectivity index (χ4v) is 3.44. The summed E-state index contributed by atoms with van der Waals surface area (Å²) in [4.78, 5) is 21.6. The Morgan fingerprint density at radius 2 is 2.23 bits per heavy atom. The number of hydrogen-bond acceptors (Lipinski definition) is 4. The smallest absolute Gasteiger partial charge is 0.253 e. The highest BCUT2D eigenvalue weighted by Crippen LogP contribution is 2.22. The Labute approximate surface area is 152 Å². The lowest BCUT2D eigenvalue weighted by Gasteiger charge is -2.20. The summed E-state index contributed by atoms with van der Waals surface area (Å²) in [5.74, 6) is 0.960. The molecule has 6 heteroatoms. The monoisotopic (exact) mass is 350 g/mol. The van der Waals surface area contributed by atoms with Crippen molar-refractivity contribution in [3.63, 3.8) is 0 Å². The number of aromatic nitrogens is 3. The number of nitrogens with zero attached hydrogens (tertiary/aromatic N) is 3. The van der Waals surface area contributed by atoms with E-state index in [0.717, 1.165) is 41.9 Å². The largest absolute Gasteiger partial charge is 0.381 e. The summed E-state index contributed by atoms with van der Waals surface area (Å²) >= 11 is 0. The van der Waals surface area contributed by atoms with Gasteiger partial charge >= 0.3 is 0 Å². The summed E-state index contributed by atoms with van der Waals surface area (Å²) in [5.41, 5.74) is 2.53. The molecule has 0 unspecified atom stereocenters. The van der Waals surface area contributed by atoms with Gasteiger partial charge in [0.05, 0.1) is 24.4 Å². The van der Waals surface area contributed by atoms with Crippen LogP contribution in [0, 0.1) is 0 Å². The maximum absolute atomic E-state index is 12.6. The molecule has 0 saturated carbocycles. The zero-order chi connectivity index (χ0) is 17.9. The minimum absolute atomic E-state index is 0.0945. The number of amides is 1. The maximum Gasteiger partial charge on any atom is 0.253 e. The molecular formula is C20H22N4O2. The van der Waals surface area contributed by atoms with Gasteiger partial charge in [-0.25, -0.2) is 9.97 Å². The highest BCUT2D eigenvalue weighted by molar-refractivity contribution is 6.06. The summed E-state index contributed by atoms with van der Waals surface area (Å²) in [7, 11) is 1.95. The second kappa shape index (κ2) is 7.25. The molecule has 1 atom stereocenters. The lowest BCUT2D eigenvalue weighted by Crippen LogP contribution is -2.24. The molecule has 4 rings (SSSR count). The predicted molar refractivity (Wildman–Crippen MR) is 98.9 cm³/mol. The Hall–Kier alpha value is -2.73. The van der Waals surface area contributed by atoms with Crippen LogP contribution in [0.1, 0.15) is 40.6 Å². The lowest BCUT2D eigenvalue weighted by molar-refractivity contribution is 0.0779. The Bertz CT molecular complexity index is 928. The first-order valence-electron chi connectivity index (χ1n) is 8.94. The number of carbonyl (C=O) groups excluding carboxylic acids is 1. The molecule has 26 heavy (non-hydrogen) atoms. The molecule has 0 spiro atoms. The van der Waals surface area contributed by atoms with E-state index in [2.05, 4.69) is 15.3 Å². The molecule has 6 nitrogen and oxygen atoms in total. The van der Waals surface area contributed by atoms with Gasteiger partial charge in [-0.2, -0.15) is 0 Å². The number of benzene rings is 1. The molecule has 2 aromatic heterocycles. The van der Waals surface area contributed by atoms with Crippen molar-refractivity contribution < 1.29 is 9.53 Å². The van der Waals surface area contributed by atoms with Gasteiger partial charge in [0.1, 0.15) is 5.82 Å². The summed E-state index contributed by atoms with van der Waals surface area (Å²) in [6.07, 6.45) is 5.71. The molecule has 0 aliphatic carbocycles. The van der Waals surface area contributed by atoms with Gasteiger partial charge in [0.25, 0.3) is 5.91 Å². The number of hydrogen-bond donors (Lipinski definition) is 1. The van der Waals surface area contributed by atoms with Gasteiger partial charge in [-0.3, -0.25) is 4.79 Å². The number of ether oxygens (including phenoxy) is 1. The molecule has 1 amide bonds. The molecular weight excluding hydrogens is 328 g/mol. The van der Waals surface area contributed by atoms with Crippen LogP contribution >= 0.6 is 0 Å². The van der Waals surface area contributed by atoms with Gasteiger partial charge < -0.3 is 14.6 Å². The van der Waals surface area contributed by atoms with Crippen LogP contribution in [0.5, 0.6) is 0 Å². The SMILES string of the molecule is Cn1cc(C(=O)NCc2ccnc([C@@H]3CCCOC3)n2)c2ccccc21. The van der Waals surface area contributed by atoms with Crippen LogP contribution in [0.3, 0.4) is 0 Å². The quantitative estimate of drug-likeness (QED) is 0.786. The Balaban J connectivity index is 1.47. The van der Waals surface area contributed by atoms with Crippen molar-refractivity contribution in [2.24, 2.45) is 7.05 Å². The molecule has 1 saturated heterocycles. The fourth-order valence-electron chi connectivity index (χ4n) is 3.44. The average molecular weight is 350 g/mol. The first kappa shape index (κ1) is 16.7. The summed E-state index contributed by atoms with van der Waals surface area (Å²) < 4.78 is 7.49. The Morgan fingerprint density at radius 3 is 3.08 bits per heavy atom. The van der Waals surface area contributed by atoms with Crippen LogP contribution in [0.15, 0.2) is 42.7 Å². The molecule has 1 N–H and O–H groups in total. The van der Waals surface area contributed by atoms with E-state index in [9.17, 15) is 4.79 Å². The van der Waals surface area contributed by atoms with Crippen molar-refractivity contribution in [3.8, 4) is 0 Å². The zero-order valence-electron chi connectivity index (χ0n) is 14.8. The summed E-state index contributed by atoms with van der Waals surface area (Å²) in [6.45, 7) is 1.87. The van der Waals surface area contributed by atoms with Crippen molar-refractivity contribution >= 4 is 16.8 Å². The van der Waals surface area contributed by atoms with Crippen molar-refractivity contribution in [1.82, 2.24) is 19.9 Å². The first-order chi connectivity index (χ1) is 12.7. The highest BCUT2D eigenvalue weighted by Gasteiger charge is 2.19. The van der Waals surface area contributed by atoms with Gasteiger partial charge in [0, 0.05) is 42.9 Å². The molecule has 3 aromatic rings. The van der Waals surface area contributed by atoms with Gasteiger partial charge in [-0.05, 0) is 25.0 Å². The van der Waals surface area contributed by atoms with E-state index in [1.165, 1.54) is 0 Å². The van der Waals surface area contributed by atoms with E-state index in [-0.39, 0.29) is 11.8 Å². The van der Waals surface area contributed by atoms with Crippen molar-refractivity contribution in [2.75, 3.05) is 13.2 Å². The van der Waals surface area contributed by atoms with Crippen LogP contribution in [0.25, 0.3) is 10.9 Å². The number of rotatable bonds is 4. The van der Waals surface area contributed by atoms with E-state index in [4.69, 9.17) is 4.74 Å².